The van der Waals surface area contributed by atoms with E-state index < -0.39 is 4.92 Å². The third kappa shape index (κ3) is 3.22. The van der Waals surface area contributed by atoms with Gasteiger partial charge >= 0.3 is 0 Å². The number of piperidine rings is 1. The monoisotopic (exact) mass is 276 g/mol. The van der Waals surface area contributed by atoms with Gasteiger partial charge < -0.3 is 0 Å². The first kappa shape index (κ1) is 14.7. The lowest BCUT2D eigenvalue weighted by molar-refractivity contribution is -0.384. The summed E-state index contributed by atoms with van der Waals surface area (Å²) in [4.78, 5) is 24.7. The summed E-state index contributed by atoms with van der Waals surface area (Å²) in [5, 5.41) is 10.7. The second kappa shape index (κ2) is 6.13. The first-order valence-corrected chi connectivity index (χ1v) is 7.00. The van der Waals surface area contributed by atoms with E-state index in [0.29, 0.717) is 24.1 Å². The SMILES string of the molecule is CC1CCCN(CC(=O)c2cccc([N+](=O)[O-])c2)C1C. The number of hydrogen-bond acceptors (Lipinski definition) is 4. The van der Waals surface area contributed by atoms with Crippen LogP contribution in [0.5, 0.6) is 0 Å². The Morgan fingerprint density at radius 3 is 2.90 bits per heavy atom. The van der Waals surface area contributed by atoms with Crippen molar-refractivity contribution >= 4 is 11.5 Å². The van der Waals surface area contributed by atoms with Gasteiger partial charge in [-0.1, -0.05) is 19.1 Å². The largest absolute Gasteiger partial charge is 0.293 e. The molecule has 1 aromatic rings. The number of likely N-dealkylation sites (tertiary alicyclic amines) is 1. The minimum Gasteiger partial charge on any atom is -0.293 e. The van der Waals surface area contributed by atoms with E-state index in [-0.39, 0.29) is 11.5 Å². The van der Waals surface area contributed by atoms with Crippen LogP contribution in [0.15, 0.2) is 24.3 Å². The zero-order chi connectivity index (χ0) is 14.7. The molecule has 1 aliphatic heterocycles. The quantitative estimate of drug-likeness (QED) is 0.482. The Bertz CT molecular complexity index is 516. The molecule has 0 radical (unpaired) electrons. The van der Waals surface area contributed by atoms with Crippen LogP contribution in [0, 0.1) is 16.0 Å². The van der Waals surface area contributed by atoms with Gasteiger partial charge in [0.1, 0.15) is 0 Å². The van der Waals surface area contributed by atoms with Crippen LogP contribution in [0.2, 0.25) is 0 Å². The number of hydrogen-bond donors (Lipinski definition) is 0. The summed E-state index contributed by atoms with van der Waals surface area (Å²) >= 11 is 0. The number of rotatable bonds is 4. The predicted molar refractivity (Wildman–Crippen MR) is 76.9 cm³/mol. The predicted octanol–water partition coefficient (Wildman–Crippen LogP) is 2.90. The number of carbonyl (C=O) groups excluding carboxylic acids is 1. The standard InChI is InChI=1S/C15H20N2O3/c1-11-5-4-8-16(12(11)2)10-15(18)13-6-3-7-14(9-13)17(19)20/h3,6-7,9,11-12H,4-5,8,10H2,1-2H3. The van der Waals surface area contributed by atoms with Crippen molar-refractivity contribution in [3.8, 4) is 0 Å². The van der Waals surface area contributed by atoms with Crippen LogP contribution in [-0.2, 0) is 0 Å². The number of Topliss-reactive ketones (excluding diaryl/α,β-unsaturated/α-hetero) is 1. The molecule has 1 aromatic carbocycles. The summed E-state index contributed by atoms with van der Waals surface area (Å²) in [6.45, 7) is 5.61. The Hall–Kier alpha value is -1.75. The number of non-ortho nitro benzene ring substituents is 1. The van der Waals surface area contributed by atoms with Gasteiger partial charge in [-0.3, -0.25) is 19.8 Å². The molecule has 0 amide bonds. The Kier molecular flexibility index (Phi) is 4.49. The Morgan fingerprint density at radius 2 is 2.20 bits per heavy atom. The molecule has 20 heavy (non-hydrogen) atoms. The Labute approximate surface area is 118 Å². The average Bonchev–Trinajstić information content (AvgIpc) is 2.44. The van der Waals surface area contributed by atoms with E-state index in [4.69, 9.17) is 0 Å². The molecule has 2 atom stereocenters. The number of ketones is 1. The number of nitrogens with zero attached hydrogens (tertiary/aromatic N) is 2. The number of nitro benzene ring substituents is 1. The molecule has 1 fully saturated rings. The molecular formula is C15H20N2O3. The van der Waals surface area contributed by atoms with Gasteiger partial charge in [-0.2, -0.15) is 0 Å². The molecule has 108 valence electrons. The molecule has 2 unspecified atom stereocenters. The van der Waals surface area contributed by atoms with Crippen molar-refractivity contribution in [3.63, 3.8) is 0 Å². The number of nitro groups is 1. The van der Waals surface area contributed by atoms with E-state index in [2.05, 4.69) is 18.7 Å². The van der Waals surface area contributed by atoms with Gasteiger partial charge in [-0.25, -0.2) is 0 Å². The van der Waals surface area contributed by atoms with Crippen LogP contribution in [0.1, 0.15) is 37.0 Å². The molecule has 0 N–H and O–H groups in total. The third-order valence-electron chi connectivity index (χ3n) is 4.23. The van der Waals surface area contributed by atoms with Crippen molar-refractivity contribution in [3.05, 3.63) is 39.9 Å². The fraction of sp³-hybridized carbons (Fsp3) is 0.533. The molecule has 0 saturated carbocycles. The van der Waals surface area contributed by atoms with Gasteiger partial charge in [-0.05, 0) is 32.2 Å². The van der Waals surface area contributed by atoms with Crippen LogP contribution in [-0.4, -0.2) is 34.7 Å². The molecule has 2 rings (SSSR count). The average molecular weight is 276 g/mol. The molecule has 0 aliphatic carbocycles. The van der Waals surface area contributed by atoms with Crippen LogP contribution in [0.3, 0.4) is 0 Å². The summed E-state index contributed by atoms with van der Waals surface area (Å²) in [7, 11) is 0. The summed E-state index contributed by atoms with van der Waals surface area (Å²) < 4.78 is 0. The zero-order valence-corrected chi connectivity index (χ0v) is 11.9. The van der Waals surface area contributed by atoms with Crippen LogP contribution in [0.4, 0.5) is 5.69 Å². The highest BCUT2D eigenvalue weighted by atomic mass is 16.6. The van der Waals surface area contributed by atoms with Crippen molar-refractivity contribution in [2.45, 2.75) is 32.7 Å². The maximum absolute atomic E-state index is 12.3. The van der Waals surface area contributed by atoms with Crippen molar-refractivity contribution in [2.24, 2.45) is 5.92 Å². The van der Waals surface area contributed by atoms with Crippen LogP contribution >= 0.6 is 0 Å². The number of carbonyl (C=O) groups is 1. The first-order valence-electron chi connectivity index (χ1n) is 7.00. The Morgan fingerprint density at radius 1 is 1.45 bits per heavy atom. The minimum atomic E-state index is -0.470. The lowest BCUT2D eigenvalue weighted by Gasteiger charge is -2.37. The molecule has 0 aromatic heterocycles. The lowest BCUT2D eigenvalue weighted by Crippen LogP contribution is -2.44. The molecule has 5 nitrogen and oxygen atoms in total. The van der Waals surface area contributed by atoms with E-state index in [0.717, 1.165) is 13.0 Å². The van der Waals surface area contributed by atoms with Gasteiger partial charge in [0.05, 0.1) is 11.5 Å². The summed E-state index contributed by atoms with van der Waals surface area (Å²) in [6.07, 6.45) is 2.30. The van der Waals surface area contributed by atoms with Gasteiger partial charge in [-0.15, -0.1) is 0 Å². The highest BCUT2D eigenvalue weighted by Crippen LogP contribution is 2.23. The molecule has 1 aliphatic rings. The van der Waals surface area contributed by atoms with Gasteiger partial charge in [0.15, 0.2) is 5.78 Å². The van der Waals surface area contributed by atoms with Gasteiger partial charge in [0.2, 0.25) is 0 Å². The first-order chi connectivity index (χ1) is 9.49. The second-order valence-electron chi connectivity index (χ2n) is 5.56. The fourth-order valence-corrected chi connectivity index (χ4v) is 2.71. The lowest BCUT2D eigenvalue weighted by atomic mass is 9.91. The topological polar surface area (TPSA) is 63.5 Å². The van der Waals surface area contributed by atoms with Crippen LogP contribution in [0.25, 0.3) is 0 Å². The maximum Gasteiger partial charge on any atom is 0.270 e. The highest BCUT2D eigenvalue weighted by molar-refractivity contribution is 5.98. The Balaban J connectivity index is 2.08. The molecule has 5 heteroatoms. The second-order valence-corrected chi connectivity index (χ2v) is 5.56. The number of benzene rings is 1. The normalized spacial score (nSPS) is 23.5. The minimum absolute atomic E-state index is 0.0316. The molecule has 0 spiro atoms. The van der Waals surface area contributed by atoms with E-state index >= 15 is 0 Å². The van der Waals surface area contributed by atoms with Gasteiger partial charge in [0.25, 0.3) is 5.69 Å². The van der Waals surface area contributed by atoms with E-state index in [9.17, 15) is 14.9 Å². The maximum atomic E-state index is 12.3. The fourth-order valence-electron chi connectivity index (χ4n) is 2.71. The molecular weight excluding hydrogens is 256 g/mol. The van der Waals surface area contributed by atoms with Crippen LogP contribution < -0.4 is 0 Å². The van der Waals surface area contributed by atoms with Crippen molar-refractivity contribution in [1.82, 2.24) is 4.90 Å². The molecule has 0 bridgehead atoms. The summed E-state index contributed by atoms with van der Waals surface area (Å²) in [5.74, 6) is 0.538. The molecule has 1 heterocycles. The van der Waals surface area contributed by atoms with Crippen molar-refractivity contribution < 1.29 is 9.72 Å². The van der Waals surface area contributed by atoms with E-state index in [1.54, 1.807) is 12.1 Å². The van der Waals surface area contributed by atoms with E-state index in [1.165, 1.54) is 18.6 Å². The van der Waals surface area contributed by atoms with E-state index in [1.807, 2.05) is 0 Å². The van der Waals surface area contributed by atoms with Crippen molar-refractivity contribution in [2.75, 3.05) is 13.1 Å². The third-order valence-corrected chi connectivity index (χ3v) is 4.23. The summed E-state index contributed by atoms with van der Waals surface area (Å²) in [6, 6.07) is 6.36. The van der Waals surface area contributed by atoms with Gasteiger partial charge in [0, 0.05) is 23.7 Å². The van der Waals surface area contributed by atoms with Crippen molar-refractivity contribution in [1.29, 1.82) is 0 Å². The smallest absolute Gasteiger partial charge is 0.270 e. The highest BCUT2D eigenvalue weighted by Gasteiger charge is 2.26. The summed E-state index contributed by atoms with van der Waals surface area (Å²) in [5.41, 5.74) is 0.389. The molecule has 1 saturated heterocycles. The zero-order valence-electron chi connectivity index (χ0n) is 11.9.